The van der Waals surface area contributed by atoms with Crippen LogP contribution in [0.3, 0.4) is 0 Å². The highest BCUT2D eigenvalue weighted by Crippen LogP contribution is 2.20. The van der Waals surface area contributed by atoms with Gasteiger partial charge in [0.1, 0.15) is 0 Å². The van der Waals surface area contributed by atoms with Gasteiger partial charge in [0.25, 0.3) is 0 Å². The van der Waals surface area contributed by atoms with Crippen molar-refractivity contribution in [1.29, 1.82) is 0 Å². The van der Waals surface area contributed by atoms with Crippen LogP contribution in [0.5, 0.6) is 0 Å². The smallest absolute Gasteiger partial charge is 0.187 e. The van der Waals surface area contributed by atoms with E-state index in [-0.39, 0.29) is 0 Å². The summed E-state index contributed by atoms with van der Waals surface area (Å²) < 4.78 is 0. The molecule has 0 aliphatic rings. The van der Waals surface area contributed by atoms with Crippen molar-refractivity contribution >= 4 is 23.4 Å². The minimum absolute atomic E-state index is 0.736. The lowest BCUT2D eigenvalue weighted by molar-refractivity contribution is 0.973. The van der Waals surface area contributed by atoms with Crippen LogP contribution < -0.4 is 0 Å². The first-order valence-corrected chi connectivity index (χ1v) is 6.02. The van der Waals surface area contributed by atoms with Gasteiger partial charge in [-0.05, 0) is 24.0 Å². The summed E-state index contributed by atoms with van der Waals surface area (Å²) in [6.45, 7) is 0. The van der Waals surface area contributed by atoms with E-state index in [2.05, 4.69) is 9.97 Å². The van der Waals surface area contributed by atoms with Gasteiger partial charge in [0.05, 0.1) is 0 Å². The second kappa shape index (κ2) is 4.64. The van der Waals surface area contributed by atoms with Crippen molar-refractivity contribution in [3.05, 3.63) is 41.7 Å². The van der Waals surface area contributed by atoms with Gasteiger partial charge in [-0.2, -0.15) is 0 Å². The second-order valence-electron chi connectivity index (χ2n) is 2.97. The Balaban J connectivity index is 2.33. The minimum atomic E-state index is 0.736. The SMILES string of the molecule is CSc1ncc(-c2ccc(Cl)cc2)cn1. The van der Waals surface area contributed by atoms with E-state index in [1.165, 1.54) is 11.8 Å². The molecule has 0 saturated heterocycles. The lowest BCUT2D eigenvalue weighted by Crippen LogP contribution is -1.86. The van der Waals surface area contributed by atoms with E-state index in [0.29, 0.717) is 0 Å². The average Bonchev–Trinajstić information content (AvgIpc) is 2.30. The molecule has 15 heavy (non-hydrogen) atoms. The average molecular weight is 237 g/mol. The van der Waals surface area contributed by atoms with E-state index in [4.69, 9.17) is 11.6 Å². The van der Waals surface area contributed by atoms with E-state index >= 15 is 0 Å². The van der Waals surface area contributed by atoms with Crippen LogP contribution in [-0.2, 0) is 0 Å². The number of hydrogen-bond acceptors (Lipinski definition) is 3. The number of halogens is 1. The molecule has 0 N–H and O–H groups in total. The summed E-state index contributed by atoms with van der Waals surface area (Å²) in [5.74, 6) is 0. The van der Waals surface area contributed by atoms with E-state index in [1.54, 1.807) is 0 Å². The maximum atomic E-state index is 5.81. The maximum Gasteiger partial charge on any atom is 0.187 e. The van der Waals surface area contributed by atoms with Crippen molar-refractivity contribution in [3.8, 4) is 11.1 Å². The Hall–Kier alpha value is -1.06. The van der Waals surface area contributed by atoms with Gasteiger partial charge in [-0.3, -0.25) is 0 Å². The van der Waals surface area contributed by atoms with Gasteiger partial charge < -0.3 is 0 Å². The van der Waals surface area contributed by atoms with E-state index in [9.17, 15) is 0 Å². The monoisotopic (exact) mass is 236 g/mol. The molecule has 0 amide bonds. The Morgan fingerprint density at radius 2 is 1.60 bits per heavy atom. The van der Waals surface area contributed by atoms with Crippen LogP contribution in [0.15, 0.2) is 41.8 Å². The van der Waals surface area contributed by atoms with Gasteiger partial charge in [-0.25, -0.2) is 9.97 Å². The van der Waals surface area contributed by atoms with Crippen molar-refractivity contribution in [2.24, 2.45) is 0 Å². The first kappa shape index (κ1) is 10.5. The number of aromatic nitrogens is 2. The van der Waals surface area contributed by atoms with Gasteiger partial charge in [0.15, 0.2) is 5.16 Å². The largest absolute Gasteiger partial charge is 0.230 e. The molecule has 0 saturated carbocycles. The predicted octanol–water partition coefficient (Wildman–Crippen LogP) is 3.52. The number of thioether (sulfide) groups is 1. The summed E-state index contributed by atoms with van der Waals surface area (Å²) in [4.78, 5) is 8.43. The number of rotatable bonds is 2. The lowest BCUT2D eigenvalue weighted by Gasteiger charge is -2.01. The van der Waals surface area contributed by atoms with Crippen LogP contribution in [0.4, 0.5) is 0 Å². The van der Waals surface area contributed by atoms with E-state index in [0.717, 1.165) is 21.3 Å². The summed E-state index contributed by atoms with van der Waals surface area (Å²) in [6, 6.07) is 7.64. The zero-order chi connectivity index (χ0) is 10.7. The van der Waals surface area contributed by atoms with Crippen LogP contribution in [-0.4, -0.2) is 16.2 Å². The predicted molar refractivity (Wildman–Crippen MR) is 64.3 cm³/mol. The molecule has 0 fully saturated rings. The van der Waals surface area contributed by atoms with Crippen LogP contribution >= 0.6 is 23.4 Å². The summed E-state index contributed by atoms with van der Waals surface area (Å²) >= 11 is 7.34. The molecule has 1 heterocycles. The maximum absolute atomic E-state index is 5.81. The van der Waals surface area contributed by atoms with Crippen LogP contribution in [0.1, 0.15) is 0 Å². The fourth-order valence-electron chi connectivity index (χ4n) is 1.21. The third-order valence-corrected chi connectivity index (χ3v) is 2.82. The highest BCUT2D eigenvalue weighted by Gasteiger charge is 1.99. The highest BCUT2D eigenvalue weighted by atomic mass is 35.5. The van der Waals surface area contributed by atoms with Crippen LogP contribution in [0.25, 0.3) is 11.1 Å². The summed E-state index contributed by atoms with van der Waals surface area (Å²) in [7, 11) is 0. The molecule has 0 atom stereocenters. The first-order chi connectivity index (χ1) is 7.29. The third kappa shape index (κ3) is 2.49. The molecule has 2 nitrogen and oxygen atoms in total. The molecule has 0 radical (unpaired) electrons. The van der Waals surface area contributed by atoms with Gasteiger partial charge in [0.2, 0.25) is 0 Å². The van der Waals surface area contributed by atoms with Gasteiger partial charge >= 0.3 is 0 Å². The molecule has 0 bridgehead atoms. The molecule has 1 aromatic heterocycles. The van der Waals surface area contributed by atoms with E-state index < -0.39 is 0 Å². The summed E-state index contributed by atoms with van der Waals surface area (Å²) in [5.41, 5.74) is 2.08. The van der Waals surface area contributed by atoms with Crippen molar-refractivity contribution < 1.29 is 0 Å². The number of benzene rings is 1. The van der Waals surface area contributed by atoms with Crippen LogP contribution in [0, 0.1) is 0 Å². The molecule has 0 spiro atoms. The summed E-state index contributed by atoms with van der Waals surface area (Å²) in [5, 5.41) is 1.52. The van der Waals surface area contributed by atoms with E-state index in [1.807, 2.05) is 42.9 Å². The molecular weight excluding hydrogens is 228 g/mol. The molecule has 1 aromatic carbocycles. The molecule has 0 aliphatic carbocycles. The van der Waals surface area contributed by atoms with Gasteiger partial charge in [-0.15, -0.1) is 0 Å². The topological polar surface area (TPSA) is 25.8 Å². The normalized spacial score (nSPS) is 10.3. The number of nitrogens with zero attached hydrogens (tertiary/aromatic N) is 2. The molecule has 0 aliphatic heterocycles. The Kier molecular flexibility index (Phi) is 3.23. The molecule has 0 unspecified atom stereocenters. The molecular formula is C11H9ClN2S. The van der Waals surface area contributed by atoms with Crippen molar-refractivity contribution in [2.75, 3.05) is 6.26 Å². The molecule has 2 aromatic rings. The number of hydrogen-bond donors (Lipinski definition) is 0. The van der Waals surface area contributed by atoms with Gasteiger partial charge in [0, 0.05) is 23.0 Å². The summed E-state index contributed by atoms with van der Waals surface area (Å²) in [6.07, 6.45) is 5.60. The quantitative estimate of drug-likeness (QED) is 0.590. The molecule has 76 valence electrons. The zero-order valence-corrected chi connectivity index (χ0v) is 9.72. The van der Waals surface area contributed by atoms with Crippen molar-refractivity contribution in [2.45, 2.75) is 5.16 Å². The van der Waals surface area contributed by atoms with Crippen LogP contribution in [0.2, 0.25) is 5.02 Å². The fourth-order valence-corrected chi connectivity index (χ4v) is 1.66. The third-order valence-electron chi connectivity index (χ3n) is 1.99. The standard InChI is InChI=1S/C11H9ClN2S/c1-15-11-13-6-9(7-14-11)8-2-4-10(12)5-3-8/h2-7H,1H3. The Labute approximate surface area is 97.7 Å². The minimum Gasteiger partial charge on any atom is -0.230 e. The van der Waals surface area contributed by atoms with Crippen molar-refractivity contribution in [1.82, 2.24) is 9.97 Å². The zero-order valence-electron chi connectivity index (χ0n) is 8.14. The van der Waals surface area contributed by atoms with Gasteiger partial charge in [-0.1, -0.05) is 35.5 Å². The first-order valence-electron chi connectivity index (χ1n) is 4.41. The Bertz CT molecular complexity index is 439. The Morgan fingerprint density at radius 1 is 1.00 bits per heavy atom. The molecule has 2 rings (SSSR count). The van der Waals surface area contributed by atoms with Crippen molar-refractivity contribution in [3.63, 3.8) is 0 Å². The molecule has 4 heteroatoms. The lowest BCUT2D eigenvalue weighted by atomic mass is 10.1. The Morgan fingerprint density at radius 3 is 2.13 bits per heavy atom. The highest BCUT2D eigenvalue weighted by molar-refractivity contribution is 7.98. The fraction of sp³-hybridized carbons (Fsp3) is 0.0909. The second-order valence-corrected chi connectivity index (χ2v) is 4.18.